The monoisotopic (exact) mass is 278 g/mol. The standard InChI is InChI=1S/C13H11BrO2/c1-16-13(15)12-10(8-14)7-6-9-4-2-3-5-11(9)12/h2-7H,8H2,1H3. The molecule has 0 saturated heterocycles. The van der Waals surface area contributed by atoms with Crippen molar-refractivity contribution in [1.29, 1.82) is 0 Å². The van der Waals surface area contributed by atoms with Crippen LogP contribution in [0.15, 0.2) is 36.4 Å². The van der Waals surface area contributed by atoms with E-state index in [1.807, 2.05) is 36.4 Å². The number of fused-ring (bicyclic) bond motifs is 1. The van der Waals surface area contributed by atoms with Gasteiger partial charge in [0.1, 0.15) is 0 Å². The SMILES string of the molecule is COC(=O)c1c(CBr)ccc2ccccc12. The quantitative estimate of drug-likeness (QED) is 0.621. The molecule has 0 aliphatic heterocycles. The van der Waals surface area contributed by atoms with E-state index < -0.39 is 0 Å². The molecule has 2 aromatic carbocycles. The van der Waals surface area contributed by atoms with Crippen LogP contribution < -0.4 is 0 Å². The predicted octanol–water partition coefficient (Wildman–Crippen LogP) is 3.52. The number of halogens is 1. The number of carbonyl (C=O) groups excluding carboxylic acids is 1. The summed E-state index contributed by atoms with van der Waals surface area (Å²) in [6.07, 6.45) is 0. The van der Waals surface area contributed by atoms with Crippen molar-refractivity contribution in [2.45, 2.75) is 5.33 Å². The Morgan fingerprint density at radius 1 is 1.25 bits per heavy atom. The second-order valence-corrected chi connectivity index (χ2v) is 4.01. The molecule has 0 saturated carbocycles. The van der Waals surface area contributed by atoms with Crippen LogP contribution in [0.25, 0.3) is 10.8 Å². The molecule has 2 nitrogen and oxygen atoms in total. The minimum absolute atomic E-state index is 0.286. The van der Waals surface area contributed by atoms with Crippen LogP contribution >= 0.6 is 15.9 Å². The van der Waals surface area contributed by atoms with Gasteiger partial charge in [0.25, 0.3) is 0 Å². The normalized spacial score (nSPS) is 10.4. The first-order valence-electron chi connectivity index (χ1n) is 4.93. The molecule has 0 fully saturated rings. The predicted molar refractivity (Wildman–Crippen MR) is 67.9 cm³/mol. The molecular weight excluding hydrogens is 268 g/mol. The zero-order valence-corrected chi connectivity index (χ0v) is 10.5. The maximum atomic E-state index is 11.8. The van der Waals surface area contributed by atoms with E-state index in [1.165, 1.54) is 7.11 Å². The van der Waals surface area contributed by atoms with E-state index in [0.29, 0.717) is 10.9 Å². The Balaban J connectivity index is 2.78. The van der Waals surface area contributed by atoms with Gasteiger partial charge in [0.15, 0.2) is 0 Å². The fourth-order valence-electron chi connectivity index (χ4n) is 1.77. The summed E-state index contributed by atoms with van der Waals surface area (Å²) in [6, 6.07) is 11.8. The maximum Gasteiger partial charge on any atom is 0.338 e. The summed E-state index contributed by atoms with van der Waals surface area (Å²) in [4.78, 5) is 11.8. The van der Waals surface area contributed by atoms with Crippen LogP contribution in [0.5, 0.6) is 0 Å². The van der Waals surface area contributed by atoms with Crippen LogP contribution in [0.2, 0.25) is 0 Å². The largest absolute Gasteiger partial charge is 0.465 e. The zero-order chi connectivity index (χ0) is 11.5. The summed E-state index contributed by atoms with van der Waals surface area (Å²) < 4.78 is 4.83. The second-order valence-electron chi connectivity index (χ2n) is 3.45. The molecule has 0 N–H and O–H groups in total. The number of hydrogen-bond donors (Lipinski definition) is 0. The van der Waals surface area contributed by atoms with Crippen LogP contribution in [0.3, 0.4) is 0 Å². The smallest absolute Gasteiger partial charge is 0.338 e. The van der Waals surface area contributed by atoms with Gasteiger partial charge in [-0.25, -0.2) is 4.79 Å². The fraction of sp³-hybridized carbons (Fsp3) is 0.154. The fourth-order valence-corrected chi connectivity index (χ4v) is 2.24. The van der Waals surface area contributed by atoms with Crippen molar-refractivity contribution in [3.05, 3.63) is 47.5 Å². The first kappa shape index (κ1) is 11.1. The molecule has 0 amide bonds. The highest BCUT2D eigenvalue weighted by atomic mass is 79.9. The number of esters is 1. The van der Waals surface area contributed by atoms with Gasteiger partial charge in [-0.15, -0.1) is 0 Å². The molecule has 2 aromatic rings. The summed E-state index contributed by atoms with van der Waals surface area (Å²) in [6.45, 7) is 0. The van der Waals surface area contributed by atoms with Crippen molar-refractivity contribution in [3.8, 4) is 0 Å². The lowest BCUT2D eigenvalue weighted by Crippen LogP contribution is -2.05. The lowest BCUT2D eigenvalue weighted by Gasteiger charge is -2.09. The third-order valence-corrected chi connectivity index (χ3v) is 3.15. The van der Waals surface area contributed by atoms with Gasteiger partial charge in [0.2, 0.25) is 0 Å². The average molecular weight is 279 g/mol. The minimum Gasteiger partial charge on any atom is -0.465 e. The van der Waals surface area contributed by atoms with E-state index in [2.05, 4.69) is 15.9 Å². The highest BCUT2D eigenvalue weighted by Crippen LogP contribution is 2.24. The molecular formula is C13H11BrO2. The molecule has 0 aliphatic carbocycles. The van der Waals surface area contributed by atoms with Crippen molar-refractivity contribution >= 4 is 32.7 Å². The number of benzene rings is 2. The molecule has 82 valence electrons. The van der Waals surface area contributed by atoms with Gasteiger partial charge in [0, 0.05) is 5.33 Å². The molecule has 3 heteroatoms. The molecule has 0 unspecified atom stereocenters. The van der Waals surface area contributed by atoms with Gasteiger partial charge >= 0.3 is 5.97 Å². The maximum absolute atomic E-state index is 11.8. The lowest BCUT2D eigenvalue weighted by molar-refractivity contribution is 0.0602. The number of carbonyl (C=O) groups is 1. The third kappa shape index (κ3) is 1.83. The van der Waals surface area contributed by atoms with E-state index in [0.717, 1.165) is 16.3 Å². The Labute approximate surface area is 102 Å². The van der Waals surface area contributed by atoms with Crippen molar-refractivity contribution in [3.63, 3.8) is 0 Å². The molecule has 0 aliphatic rings. The van der Waals surface area contributed by atoms with Crippen LogP contribution in [-0.2, 0) is 10.1 Å². The first-order chi connectivity index (χ1) is 7.77. The third-order valence-electron chi connectivity index (χ3n) is 2.55. The molecule has 0 aromatic heterocycles. The molecule has 2 rings (SSSR count). The van der Waals surface area contributed by atoms with E-state index in [4.69, 9.17) is 4.74 Å². The van der Waals surface area contributed by atoms with Crippen molar-refractivity contribution in [2.75, 3.05) is 7.11 Å². The average Bonchev–Trinajstić information content (AvgIpc) is 2.36. The Bertz CT molecular complexity index is 534. The highest BCUT2D eigenvalue weighted by molar-refractivity contribution is 9.08. The van der Waals surface area contributed by atoms with Crippen molar-refractivity contribution < 1.29 is 9.53 Å². The summed E-state index contributed by atoms with van der Waals surface area (Å²) in [7, 11) is 1.40. The Morgan fingerprint density at radius 2 is 2.00 bits per heavy atom. The van der Waals surface area contributed by atoms with Crippen molar-refractivity contribution in [1.82, 2.24) is 0 Å². The van der Waals surface area contributed by atoms with Crippen LogP contribution in [0.4, 0.5) is 0 Å². The lowest BCUT2D eigenvalue weighted by atomic mass is 10.00. The van der Waals surface area contributed by atoms with Crippen molar-refractivity contribution in [2.24, 2.45) is 0 Å². The topological polar surface area (TPSA) is 26.3 Å². The number of ether oxygens (including phenoxy) is 1. The number of alkyl halides is 1. The van der Waals surface area contributed by atoms with E-state index in [-0.39, 0.29) is 5.97 Å². The highest BCUT2D eigenvalue weighted by Gasteiger charge is 2.14. The van der Waals surface area contributed by atoms with Gasteiger partial charge in [-0.2, -0.15) is 0 Å². The number of methoxy groups -OCH3 is 1. The first-order valence-corrected chi connectivity index (χ1v) is 6.05. The molecule has 0 radical (unpaired) electrons. The Hall–Kier alpha value is -1.35. The summed E-state index contributed by atoms with van der Waals surface area (Å²) in [5, 5.41) is 2.63. The van der Waals surface area contributed by atoms with Gasteiger partial charge in [-0.3, -0.25) is 0 Å². The number of hydrogen-bond acceptors (Lipinski definition) is 2. The van der Waals surface area contributed by atoms with Gasteiger partial charge in [-0.1, -0.05) is 52.3 Å². The molecule has 0 spiro atoms. The van der Waals surface area contributed by atoms with Gasteiger partial charge in [-0.05, 0) is 16.3 Å². The van der Waals surface area contributed by atoms with Crippen LogP contribution in [0.1, 0.15) is 15.9 Å². The van der Waals surface area contributed by atoms with Gasteiger partial charge < -0.3 is 4.74 Å². The zero-order valence-electron chi connectivity index (χ0n) is 8.87. The molecule has 0 heterocycles. The minimum atomic E-state index is -0.286. The van der Waals surface area contributed by atoms with Crippen LogP contribution in [-0.4, -0.2) is 13.1 Å². The van der Waals surface area contributed by atoms with E-state index >= 15 is 0 Å². The summed E-state index contributed by atoms with van der Waals surface area (Å²) in [5.41, 5.74) is 1.60. The number of rotatable bonds is 2. The summed E-state index contributed by atoms with van der Waals surface area (Å²) in [5.74, 6) is -0.286. The molecule has 0 atom stereocenters. The van der Waals surface area contributed by atoms with Gasteiger partial charge in [0.05, 0.1) is 12.7 Å². The second kappa shape index (κ2) is 4.66. The summed E-state index contributed by atoms with van der Waals surface area (Å²) >= 11 is 3.38. The molecule has 16 heavy (non-hydrogen) atoms. The Kier molecular flexibility index (Phi) is 3.25. The van der Waals surface area contributed by atoms with E-state index in [9.17, 15) is 4.79 Å². The van der Waals surface area contributed by atoms with E-state index in [1.54, 1.807) is 0 Å². The Morgan fingerprint density at radius 3 is 2.69 bits per heavy atom. The van der Waals surface area contributed by atoms with Crippen LogP contribution in [0, 0.1) is 0 Å². The molecule has 0 bridgehead atoms.